The zero-order valence-electron chi connectivity index (χ0n) is 20.4. The van der Waals surface area contributed by atoms with Crippen LogP contribution in [0.25, 0.3) is 0 Å². The average molecular weight is 502 g/mol. The lowest BCUT2D eigenvalue weighted by Gasteiger charge is -2.24. The number of rotatable bonds is 11. The van der Waals surface area contributed by atoms with Gasteiger partial charge in [0.25, 0.3) is 5.91 Å². The van der Waals surface area contributed by atoms with Crippen LogP contribution in [-0.2, 0) is 11.2 Å². The van der Waals surface area contributed by atoms with Crippen molar-refractivity contribution in [3.8, 4) is 5.75 Å². The Balaban J connectivity index is 1.30. The number of nitrogens with zero attached hydrogens (tertiary/aromatic N) is 2. The van der Waals surface area contributed by atoms with Gasteiger partial charge in [-0.15, -0.1) is 11.8 Å². The highest BCUT2D eigenvalue weighted by atomic mass is 32.2. The van der Waals surface area contributed by atoms with Crippen molar-refractivity contribution in [1.82, 2.24) is 10.3 Å². The number of hydrogen-bond donors (Lipinski definition) is 1. The number of ether oxygens (including phenoxy) is 1. The van der Waals surface area contributed by atoms with Gasteiger partial charge in [-0.3, -0.25) is 9.59 Å². The lowest BCUT2D eigenvalue weighted by Crippen LogP contribution is -2.30. The first-order chi connectivity index (χ1) is 17.6. The molecule has 3 aromatic rings. The second-order valence-corrected chi connectivity index (χ2v) is 9.65. The van der Waals surface area contributed by atoms with Gasteiger partial charge in [0.1, 0.15) is 11.1 Å². The number of amides is 2. The Kier molecular flexibility index (Phi) is 9.16. The highest BCUT2D eigenvalue weighted by molar-refractivity contribution is 8.00. The van der Waals surface area contributed by atoms with Gasteiger partial charge in [0.05, 0.1) is 18.6 Å². The van der Waals surface area contributed by atoms with Gasteiger partial charge in [0.15, 0.2) is 0 Å². The molecule has 1 atom stereocenters. The third-order valence-corrected chi connectivity index (χ3v) is 7.19. The second-order valence-electron chi connectivity index (χ2n) is 8.58. The maximum absolute atomic E-state index is 12.5. The number of hydrazone groups is 1. The third kappa shape index (κ3) is 6.98. The Bertz CT molecular complexity index is 1160. The van der Waals surface area contributed by atoms with Crippen molar-refractivity contribution in [3.63, 3.8) is 0 Å². The van der Waals surface area contributed by atoms with E-state index in [1.165, 1.54) is 5.56 Å². The van der Waals surface area contributed by atoms with Gasteiger partial charge < -0.3 is 9.64 Å². The molecule has 0 spiro atoms. The lowest BCUT2D eigenvalue weighted by molar-refractivity contribution is -0.128. The van der Waals surface area contributed by atoms with Crippen LogP contribution < -0.4 is 10.2 Å². The van der Waals surface area contributed by atoms with Gasteiger partial charge in [-0.05, 0) is 65.9 Å². The molecule has 6 nitrogen and oxygen atoms in total. The van der Waals surface area contributed by atoms with E-state index >= 15 is 0 Å². The van der Waals surface area contributed by atoms with Crippen LogP contribution in [0, 0.1) is 0 Å². The fourth-order valence-electron chi connectivity index (χ4n) is 3.88. The maximum Gasteiger partial charge on any atom is 0.271 e. The monoisotopic (exact) mass is 501 g/mol. The molecule has 1 N–H and O–H groups in total. The fourth-order valence-corrected chi connectivity index (χ4v) is 5.10. The summed E-state index contributed by atoms with van der Waals surface area (Å²) < 4.78 is 5.66. The Morgan fingerprint density at radius 3 is 2.56 bits per heavy atom. The van der Waals surface area contributed by atoms with E-state index in [4.69, 9.17) is 4.74 Å². The molecule has 1 saturated heterocycles. The van der Waals surface area contributed by atoms with Crippen molar-refractivity contribution in [3.05, 3.63) is 101 Å². The maximum atomic E-state index is 12.5. The molecule has 186 valence electrons. The van der Waals surface area contributed by atoms with Crippen LogP contribution in [0.5, 0.6) is 5.75 Å². The largest absolute Gasteiger partial charge is 0.494 e. The van der Waals surface area contributed by atoms with Crippen LogP contribution in [0.15, 0.2) is 84.0 Å². The molecule has 0 saturated carbocycles. The summed E-state index contributed by atoms with van der Waals surface area (Å²) in [7, 11) is 0. The Labute approximate surface area is 216 Å². The summed E-state index contributed by atoms with van der Waals surface area (Å²) in [4.78, 5) is 26.9. The predicted octanol–water partition coefficient (Wildman–Crippen LogP) is 5.45. The smallest absolute Gasteiger partial charge is 0.271 e. The first kappa shape index (κ1) is 25.5. The molecule has 0 bridgehead atoms. The van der Waals surface area contributed by atoms with E-state index in [9.17, 15) is 9.59 Å². The number of benzene rings is 3. The number of carbonyl (C=O) groups excluding carboxylic acids is 2. The molecular weight excluding hydrogens is 470 g/mol. The SMILES string of the molecule is CCCCOc1ccc(/C=N\NC(=O)c2ccc([C@H]3SCC(=O)N3CCc3ccccc3)cc2)cc1. The summed E-state index contributed by atoms with van der Waals surface area (Å²) in [5, 5.41) is 4.04. The molecule has 4 rings (SSSR count). The molecular formula is C29H31N3O3S. The highest BCUT2D eigenvalue weighted by Crippen LogP contribution is 2.38. The van der Waals surface area contributed by atoms with Gasteiger partial charge in [0, 0.05) is 12.1 Å². The minimum absolute atomic E-state index is 0.0368. The van der Waals surface area contributed by atoms with Crippen LogP contribution in [0.2, 0.25) is 0 Å². The summed E-state index contributed by atoms with van der Waals surface area (Å²) in [5.74, 6) is 1.17. The van der Waals surface area contributed by atoms with E-state index in [0.717, 1.165) is 36.1 Å². The first-order valence-electron chi connectivity index (χ1n) is 12.3. The van der Waals surface area contributed by atoms with Crippen LogP contribution in [0.1, 0.15) is 52.2 Å². The molecule has 7 heteroatoms. The zero-order valence-corrected chi connectivity index (χ0v) is 21.2. The molecule has 1 aliphatic rings. The fraction of sp³-hybridized carbons (Fsp3) is 0.276. The molecule has 0 radical (unpaired) electrons. The van der Waals surface area contributed by atoms with Crippen molar-refractivity contribution in [2.24, 2.45) is 5.10 Å². The normalized spacial score (nSPS) is 15.4. The molecule has 0 aromatic heterocycles. The zero-order chi connectivity index (χ0) is 25.2. The van der Waals surface area contributed by atoms with E-state index in [1.54, 1.807) is 30.1 Å². The lowest BCUT2D eigenvalue weighted by atomic mass is 10.1. The van der Waals surface area contributed by atoms with Crippen molar-refractivity contribution in [1.29, 1.82) is 0 Å². The third-order valence-electron chi connectivity index (χ3n) is 5.94. The Morgan fingerprint density at radius 1 is 1.08 bits per heavy atom. The average Bonchev–Trinajstić information content (AvgIpc) is 3.29. The Morgan fingerprint density at radius 2 is 1.83 bits per heavy atom. The van der Waals surface area contributed by atoms with Crippen molar-refractivity contribution in [2.45, 2.75) is 31.6 Å². The summed E-state index contributed by atoms with van der Waals surface area (Å²) in [6.45, 7) is 3.51. The summed E-state index contributed by atoms with van der Waals surface area (Å²) in [6, 6.07) is 25.2. The standard InChI is InChI=1S/C29H31N3O3S/c1-2-3-19-35-26-15-9-23(10-16-26)20-30-31-28(34)24-11-13-25(14-12-24)29-32(27(33)21-36-29)18-17-22-7-5-4-6-8-22/h4-16,20,29H,2-3,17-19,21H2,1H3,(H,31,34)/b30-20-/t29-/m1/s1. The summed E-state index contributed by atoms with van der Waals surface area (Å²) >= 11 is 1.62. The molecule has 0 aliphatic carbocycles. The van der Waals surface area contributed by atoms with Crippen LogP contribution in [0.4, 0.5) is 0 Å². The number of thioether (sulfide) groups is 1. The molecule has 1 heterocycles. The van der Waals surface area contributed by atoms with E-state index in [-0.39, 0.29) is 17.2 Å². The number of nitrogens with one attached hydrogen (secondary N) is 1. The first-order valence-corrected chi connectivity index (χ1v) is 13.3. The van der Waals surface area contributed by atoms with Gasteiger partial charge in [0.2, 0.25) is 5.91 Å². The van der Waals surface area contributed by atoms with Crippen molar-refractivity contribution >= 4 is 29.8 Å². The topological polar surface area (TPSA) is 71.0 Å². The number of unbranched alkanes of at least 4 members (excludes halogenated alkanes) is 1. The number of carbonyl (C=O) groups is 2. The van der Waals surface area contributed by atoms with E-state index in [0.29, 0.717) is 24.5 Å². The van der Waals surface area contributed by atoms with Crippen LogP contribution in [0.3, 0.4) is 0 Å². The highest BCUT2D eigenvalue weighted by Gasteiger charge is 2.32. The van der Waals surface area contributed by atoms with E-state index in [2.05, 4.69) is 29.6 Å². The van der Waals surface area contributed by atoms with Crippen molar-refractivity contribution < 1.29 is 14.3 Å². The predicted molar refractivity (Wildman–Crippen MR) is 145 cm³/mol. The molecule has 0 unspecified atom stereocenters. The quantitative estimate of drug-likeness (QED) is 0.216. The number of hydrogen-bond acceptors (Lipinski definition) is 5. The van der Waals surface area contributed by atoms with Gasteiger partial charge in [-0.1, -0.05) is 55.8 Å². The summed E-state index contributed by atoms with van der Waals surface area (Å²) in [5.41, 5.74) is 6.19. The molecule has 3 aromatic carbocycles. The Hall–Kier alpha value is -3.58. The minimum Gasteiger partial charge on any atom is -0.494 e. The molecule has 36 heavy (non-hydrogen) atoms. The van der Waals surface area contributed by atoms with E-state index in [1.807, 2.05) is 59.5 Å². The minimum atomic E-state index is -0.284. The van der Waals surface area contributed by atoms with Crippen LogP contribution >= 0.6 is 11.8 Å². The summed E-state index contributed by atoms with van der Waals surface area (Å²) in [6.07, 6.45) is 4.55. The molecule has 2 amide bonds. The van der Waals surface area contributed by atoms with Crippen molar-refractivity contribution in [2.75, 3.05) is 18.9 Å². The van der Waals surface area contributed by atoms with Gasteiger partial charge in [-0.2, -0.15) is 5.10 Å². The van der Waals surface area contributed by atoms with Gasteiger partial charge in [-0.25, -0.2) is 5.43 Å². The molecule has 1 fully saturated rings. The second kappa shape index (κ2) is 12.9. The van der Waals surface area contributed by atoms with Gasteiger partial charge >= 0.3 is 0 Å². The molecule has 1 aliphatic heterocycles. The van der Waals surface area contributed by atoms with E-state index < -0.39 is 0 Å². The van der Waals surface area contributed by atoms with Crippen LogP contribution in [-0.4, -0.2) is 41.8 Å².